The number of rotatable bonds is 8. The molecule has 2 saturated heterocycles. The lowest BCUT2D eigenvalue weighted by Gasteiger charge is -2.45. The van der Waals surface area contributed by atoms with E-state index in [2.05, 4.69) is 11.9 Å². The highest BCUT2D eigenvalue weighted by Gasteiger charge is 2.52. The maximum Gasteiger partial charge on any atom is 0.407 e. The van der Waals surface area contributed by atoms with Crippen molar-refractivity contribution in [1.82, 2.24) is 5.32 Å². The molecule has 1 aliphatic carbocycles. The Hall–Kier alpha value is -5.95. The minimum Gasteiger partial charge on any atom is -0.462 e. The number of nitrogens with one attached hydrogen (secondary N) is 1. The number of cyclic esters (lactones) is 1. The number of fused-ring (bicyclic) bond motifs is 5. The van der Waals surface area contributed by atoms with Crippen LogP contribution in [0, 0.1) is 17.8 Å². The van der Waals surface area contributed by atoms with Gasteiger partial charge in [0.25, 0.3) is 0 Å². The normalized spacial score (nSPS) is 37.9. The number of hydrogen-bond donors (Lipinski definition) is 11. The summed E-state index contributed by atoms with van der Waals surface area (Å²) in [5.74, 6) is -6.55. The van der Waals surface area contributed by atoms with E-state index in [1.807, 2.05) is 73.7 Å². The van der Waals surface area contributed by atoms with Crippen LogP contribution in [0.5, 0.6) is 0 Å². The molecule has 19 atom stereocenters. The van der Waals surface area contributed by atoms with Gasteiger partial charge in [-0.15, -0.1) is 0 Å². The van der Waals surface area contributed by atoms with Gasteiger partial charge in [0.2, 0.25) is 0 Å². The molecule has 6 rings (SSSR count). The number of aliphatic hydroxyl groups is 10. The Kier molecular flexibility index (Phi) is 26.7. The zero-order chi connectivity index (χ0) is 61.8. The first-order valence-electron chi connectivity index (χ1n) is 29.2. The molecular weight excluding hydrogens is 1100 g/mol. The molecule has 4 aliphatic rings. The molecule has 2 bridgehead atoms. The number of esters is 2. The summed E-state index contributed by atoms with van der Waals surface area (Å²) in [7, 11) is 0. The molecule has 11 N–H and O–H groups in total. The van der Waals surface area contributed by atoms with Gasteiger partial charge in [0.05, 0.1) is 73.5 Å². The number of alkyl carbamates (subject to hydrolysis) is 1. The molecule has 3 aliphatic heterocycles. The van der Waals surface area contributed by atoms with Crippen molar-refractivity contribution >= 4 is 18.0 Å². The maximum absolute atomic E-state index is 13.7. The molecule has 0 aromatic heterocycles. The summed E-state index contributed by atoms with van der Waals surface area (Å²) in [5.41, 5.74) is 4.01. The van der Waals surface area contributed by atoms with Crippen LogP contribution in [0.3, 0.4) is 0 Å². The quantitative estimate of drug-likeness (QED) is 0.0948. The Morgan fingerprint density at radius 1 is 0.659 bits per heavy atom. The number of carbonyl (C=O) groups excluding carboxylic acids is 3. The highest BCUT2D eigenvalue weighted by atomic mass is 16.7. The molecule has 2 aromatic carbocycles. The molecule has 3 heterocycles. The third-order valence-electron chi connectivity index (χ3n) is 15.9. The van der Waals surface area contributed by atoms with E-state index in [9.17, 15) is 65.4 Å². The Labute approximate surface area is 497 Å². The summed E-state index contributed by atoms with van der Waals surface area (Å²) in [4.78, 5) is 40.1. The van der Waals surface area contributed by atoms with E-state index in [-0.39, 0.29) is 50.7 Å². The van der Waals surface area contributed by atoms with Gasteiger partial charge in [0.15, 0.2) is 12.1 Å². The van der Waals surface area contributed by atoms with Crippen molar-refractivity contribution in [3.8, 4) is 11.1 Å². The lowest BCUT2D eigenvalue weighted by molar-refractivity contribution is -0.309. The average Bonchev–Trinajstić information content (AvgIpc) is 2.66. The number of amides is 1. The molecule has 466 valence electrons. The second-order valence-electron chi connectivity index (χ2n) is 22.6. The van der Waals surface area contributed by atoms with Crippen LogP contribution in [0.1, 0.15) is 96.1 Å². The van der Waals surface area contributed by atoms with Crippen molar-refractivity contribution in [3.63, 3.8) is 0 Å². The first-order chi connectivity index (χ1) is 40.6. The number of hydrogen-bond acceptors (Lipinski definition) is 19. The first-order valence-corrected chi connectivity index (χ1v) is 29.2. The number of benzene rings is 2. The van der Waals surface area contributed by atoms with Crippen LogP contribution in [0.4, 0.5) is 4.79 Å². The van der Waals surface area contributed by atoms with Gasteiger partial charge in [0, 0.05) is 43.4 Å². The molecule has 0 radical (unpaired) electrons. The summed E-state index contributed by atoms with van der Waals surface area (Å²) in [6, 6.07) is 14.2. The summed E-state index contributed by atoms with van der Waals surface area (Å²) < 4.78 is 35.3. The fourth-order valence-electron chi connectivity index (χ4n) is 11.1. The molecule has 0 saturated carbocycles. The van der Waals surface area contributed by atoms with Crippen LogP contribution in [-0.2, 0) is 38.0 Å². The van der Waals surface area contributed by atoms with Crippen molar-refractivity contribution in [1.29, 1.82) is 0 Å². The van der Waals surface area contributed by atoms with Gasteiger partial charge in [-0.2, -0.15) is 0 Å². The SMILES string of the molecule is C=CCOC(=O)[C@H]1[C@@H]2C[C@@H](O[C@@H]3O[C@H](C)[C@@H](O)[C@H](NC(=O)OCC4c5ccccc5-c5ccccc54)[C@@H]3O)/C=C/C=C/C=C/C=C/C=C/C=C/C=C/[C@H](C)[C@@H](O)[C@@H](C)[C@H](C)OC(=O)C[C@H](O)C[C@H](O)CC[C@@H](O)[C@H](O)C[C@H](O)C[C@](O)(C[C@@H]1O)O2. The van der Waals surface area contributed by atoms with Gasteiger partial charge >= 0.3 is 18.0 Å². The number of allylic oxidation sites excluding steroid dienone is 12. The number of aliphatic hydroxyl groups excluding tert-OH is 9. The standard InChI is InChI=1S/C65H87NO19/c1-6-31-80-62(77)57-54(72)37-65(79)36-45(69)33-53(71)52(70)30-29-43(67)32-44(68)34-56(73)82-41(4)40(3)59(74)39(2)23-17-15-13-11-9-7-8-10-12-14-16-18-24-46(35-55(57)85-65)84-63-61(76)58(60(75)42(5)83-63)66-64(78)81-38-51-49-27-21-19-25-47(49)48-26-20-22-28-50(48)51/h6-28,39-46,51-55,57-61,63,67-72,74-76,79H,1,29-38H2,2-5H3,(H,66,78)/b8-7+,11-9+,12-10+,15-13+,16-14+,23-17+,24-18+/t39-,40-,41-,42+,43+,44+,45-,46-,52+,53+,54-,55-,57+,58-,59+,60+,61-,63-,65+/m0/s1. The van der Waals surface area contributed by atoms with E-state index in [1.165, 1.54) is 19.1 Å². The number of ether oxygens (including phenoxy) is 6. The largest absolute Gasteiger partial charge is 0.462 e. The minimum atomic E-state index is -2.37. The maximum atomic E-state index is 13.7. The van der Waals surface area contributed by atoms with Crippen LogP contribution in [0.25, 0.3) is 11.1 Å². The lowest BCUT2D eigenvalue weighted by atomic mass is 9.82. The molecule has 2 fully saturated rings. The van der Waals surface area contributed by atoms with Crippen LogP contribution in [0.15, 0.2) is 146 Å². The Morgan fingerprint density at radius 2 is 1.25 bits per heavy atom. The molecule has 85 heavy (non-hydrogen) atoms. The molecule has 1 amide bonds. The second kappa shape index (κ2) is 33.2. The monoisotopic (exact) mass is 1190 g/mol. The molecule has 20 nitrogen and oxygen atoms in total. The zero-order valence-electron chi connectivity index (χ0n) is 48.7. The van der Waals surface area contributed by atoms with Gasteiger partial charge < -0.3 is 84.8 Å². The van der Waals surface area contributed by atoms with E-state index >= 15 is 0 Å². The third kappa shape index (κ3) is 20.0. The highest BCUT2D eigenvalue weighted by Crippen LogP contribution is 2.45. The topological polar surface area (TPSA) is 321 Å². The smallest absolute Gasteiger partial charge is 0.407 e. The van der Waals surface area contributed by atoms with E-state index in [1.54, 1.807) is 74.6 Å². The Bertz CT molecular complexity index is 2640. The number of carbonyl (C=O) groups is 3. The van der Waals surface area contributed by atoms with Crippen LogP contribution < -0.4 is 5.32 Å². The molecular formula is C65H87NO19. The van der Waals surface area contributed by atoms with Crippen LogP contribution in [0.2, 0.25) is 0 Å². The predicted molar refractivity (Wildman–Crippen MR) is 315 cm³/mol. The predicted octanol–water partition coefficient (Wildman–Crippen LogP) is 4.94. The van der Waals surface area contributed by atoms with Crippen molar-refractivity contribution in [2.45, 2.75) is 182 Å². The Morgan fingerprint density at radius 3 is 1.86 bits per heavy atom. The minimum absolute atomic E-state index is 0.0506. The van der Waals surface area contributed by atoms with Crippen LogP contribution >= 0.6 is 0 Å². The molecule has 20 heteroatoms. The zero-order valence-corrected chi connectivity index (χ0v) is 48.7. The highest BCUT2D eigenvalue weighted by molar-refractivity contribution is 5.79. The average molecular weight is 1190 g/mol. The Balaban J connectivity index is 1.22. The van der Waals surface area contributed by atoms with Gasteiger partial charge in [-0.3, -0.25) is 9.59 Å². The van der Waals surface area contributed by atoms with Crippen molar-refractivity contribution in [2.75, 3.05) is 13.2 Å². The fourth-order valence-corrected chi connectivity index (χ4v) is 11.1. The summed E-state index contributed by atoms with van der Waals surface area (Å²) in [6.07, 6.45) is 2.75. The third-order valence-corrected chi connectivity index (χ3v) is 15.9. The lowest BCUT2D eigenvalue weighted by Crippen LogP contribution is -2.64. The first kappa shape index (κ1) is 68.2. The van der Waals surface area contributed by atoms with Gasteiger partial charge in [0.1, 0.15) is 37.4 Å². The summed E-state index contributed by atoms with van der Waals surface area (Å²) in [5, 5.41) is 115. The summed E-state index contributed by atoms with van der Waals surface area (Å²) >= 11 is 0. The van der Waals surface area contributed by atoms with Crippen molar-refractivity contribution in [2.24, 2.45) is 17.8 Å². The van der Waals surface area contributed by atoms with Crippen molar-refractivity contribution in [3.05, 3.63) is 157 Å². The van der Waals surface area contributed by atoms with E-state index < -0.39 is 153 Å². The summed E-state index contributed by atoms with van der Waals surface area (Å²) in [6.45, 7) is 10.0. The van der Waals surface area contributed by atoms with Gasteiger partial charge in [-0.05, 0) is 55.4 Å². The fraction of sp³-hybridized carbons (Fsp3) is 0.523. The second-order valence-corrected chi connectivity index (χ2v) is 22.6. The van der Waals surface area contributed by atoms with E-state index in [0.29, 0.717) is 0 Å². The van der Waals surface area contributed by atoms with E-state index in [0.717, 1.165) is 22.3 Å². The molecule has 0 spiro atoms. The van der Waals surface area contributed by atoms with Crippen molar-refractivity contribution < 1.29 is 93.9 Å². The van der Waals surface area contributed by atoms with Gasteiger partial charge in [-0.1, -0.05) is 160 Å². The molecule has 0 unspecified atom stereocenters. The van der Waals surface area contributed by atoms with Crippen LogP contribution in [-0.4, -0.2) is 180 Å². The molecule has 2 aromatic rings. The van der Waals surface area contributed by atoms with Gasteiger partial charge in [-0.25, -0.2) is 4.79 Å². The van der Waals surface area contributed by atoms with E-state index in [4.69, 9.17) is 28.4 Å².